The highest BCUT2D eigenvalue weighted by Crippen LogP contribution is 2.29. The minimum atomic E-state index is -0.493. The SMILES string of the molecule is OC(c1cccc(N2CCCC2)c1)c1cccs1. The third kappa shape index (κ3) is 2.28. The van der Waals surface area contributed by atoms with Crippen molar-refractivity contribution < 1.29 is 5.11 Å². The first-order valence-corrected chi connectivity index (χ1v) is 7.29. The average Bonchev–Trinajstić information content (AvgIpc) is 3.11. The van der Waals surface area contributed by atoms with Crippen molar-refractivity contribution in [3.05, 3.63) is 52.2 Å². The van der Waals surface area contributed by atoms with Crippen LogP contribution in [-0.2, 0) is 0 Å². The van der Waals surface area contributed by atoms with Crippen molar-refractivity contribution in [2.24, 2.45) is 0 Å². The van der Waals surface area contributed by atoms with Crippen LogP contribution in [0.3, 0.4) is 0 Å². The minimum Gasteiger partial charge on any atom is -0.383 e. The summed E-state index contributed by atoms with van der Waals surface area (Å²) in [4.78, 5) is 3.40. The van der Waals surface area contributed by atoms with Gasteiger partial charge in [-0.1, -0.05) is 18.2 Å². The molecule has 0 amide bonds. The van der Waals surface area contributed by atoms with Gasteiger partial charge in [-0.3, -0.25) is 0 Å². The molecular formula is C15H17NOS. The summed E-state index contributed by atoms with van der Waals surface area (Å²) in [7, 11) is 0. The zero-order valence-electron chi connectivity index (χ0n) is 10.2. The van der Waals surface area contributed by atoms with E-state index >= 15 is 0 Å². The van der Waals surface area contributed by atoms with Crippen LogP contribution in [0, 0.1) is 0 Å². The Kier molecular flexibility index (Phi) is 3.35. The number of rotatable bonds is 3. The van der Waals surface area contributed by atoms with Gasteiger partial charge in [0.15, 0.2) is 0 Å². The van der Waals surface area contributed by atoms with Crippen molar-refractivity contribution in [2.45, 2.75) is 18.9 Å². The third-order valence-corrected chi connectivity index (χ3v) is 4.39. The maximum atomic E-state index is 10.3. The first-order valence-electron chi connectivity index (χ1n) is 6.41. The van der Waals surface area contributed by atoms with Crippen molar-refractivity contribution in [1.29, 1.82) is 0 Å². The summed E-state index contributed by atoms with van der Waals surface area (Å²) in [5, 5.41) is 12.3. The normalized spacial score (nSPS) is 17.1. The number of nitrogens with zero attached hydrogens (tertiary/aromatic N) is 1. The zero-order valence-corrected chi connectivity index (χ0v) is 11.1. The summed E-state index contributed by atoms with van der Waals surface area (Å²) in [6, 6.07) is 12.3. The van der Waals surface area contributed by atoms with E-state index in [1.807, 2.05) is 29.6 Å². The summed E-state index contributed by atoms with van der Waals surface area (Å²) in [5.41, 5.74) is 2.22. The predicted molar refractivity (Wildman–Crippen MR) is 76.3 cm³/mol. The molecule has 2 nitrogen and oxygen atoms in total. The molecule has 3 heteroatoms. The maximum Gasteiger partial charge on any atom is 0.113 e. The Morgan fingerprint density at radius 1 is 1.11 bits per heavy atom. The van der Waals surface area contributed by atoms with E-state index in [0.717, 1.165) is 23.5 Å². The Bertz CT molecular complexity index is 503. The molecule has 2 heterocycles. The van der Waals surface area contributed by atoms with Crippen molar-refractivity contribution in [1.82, 2.24) is 0 Å². The highest BCUT2D eigenvalue weighted by Gasteiger charge is 2.15. The number of hydrogen-bond donors (Lipinski definition) is 1. The van der Waals surface area contributed by atoms with Crippen molar-refractivity contribution in [2.75, 3.05) is 18.0 Å². The summed E-state index contributed by atoms with van der Waals surface area (Å²) < 4.78 is 0. The van der Waals surface area contributed by atoms with Gasteiger partial charge in [-0.05, 0) is 42.0 Å². The summed E-state index contributed by atoms with van der Waals surface area (Å²) in [5.74, 6) is 0. The molecular weight excluding hydrogens is 242 g/mol. The van der Waals surface area contributed by atoms with Gasteiger partial charge in [0, 0.05) is 23.7 Å². The quantitative estimate of drug-likeness (QED) is 0.913. The maximum absolute atomic E-state index is 10.3. The van der Waals surface area contributed by atoms with Gasteiger partial charge in [0.1, 0.15) is 6.10 Å². The molecule has 3 rings (SSSR count). The first kappa shape index (κ1) is 11.8. The average molecular weight is 259 g/mol. The van der Waals surface area contributed by atoms with E-state index in [2.05, 4.69) is 17.0 Å². The molecule has 0 saturated carbocycles. The minimum absolute atomic E-state index is 0.493. The Hall–Kier alpha value is -1.32. The van der Waals surface area contributed by atoms with Crippen LogP contribution in [0.1, 0.15) is 29.4 Å². The van der Waals surface area contributed by atoms with Gasteiger partial charge in [0.25, 0.3) is 0 Å². The van der Waals surface area contributed by atoms with Crippen LogP contribution in [0.5, 0.6) is 0 Å². The predicted octanol–water partition coefficient (Wildman–Crippen LogP) is 3.43. The number of aliphatic hydroxyl groups is 1. The largest absolute Gasteiger partial charge is 0.383 e. The molecule has 94 valence electrons. The molecule has 1 aliphatic rings. The second-order valence-corrected chi connectivity index (χ2v) is 5.69. The van der Waals surface area contributed by atoms with Gasteiger partial charge in [-0.2, -0.15) is 0 Å². The number of thiophene rings is 1. The monoisotopic (exact) mass is 259 g/mol. The lowest BCUT2D eigenvalue weighted by Gasteiger charge is -2.19. The van der Waals surface area contributed by atoms with Crippen molar-refractivity contribution in [3.8, 4) is 0 Å². The lowest BCUT2D eigenvalue weighted by molar-refractivity contribution is 0.224. The zero-order chi connectivity index (χ0) is 12.4. The lowest BCUT2D eigenvalue weighted by Crippen LogP contribution is -2.17. The van der Waals surface area contributed by atoms with Crippen LogP contribution < -0.4 is 4.90 Å². The fourth-order valence-corrected chi connectivity index (χ4v) is 3.21. The molecule has 1 fully saturated rings. The number of aliphatic hydroxyl groups excluding tert-OH is 1. The molecule has 1 atom stereocenters. The molecule has 1 aromatic heterocycles. The fraction of sp³-hybridized carbons (Fsp3) is 0.333. The van der Waals surface area contributed by atoms with E-state index in [1.54, 1.807) is 11.3 Å². The van der Waals surface area contributed by atoms with E-state index in [-0.39, 0.29) is 0 Å². The van der Waals surface area contributed by atoms with Crippen LogP contribution in [0.25, 0.3) is 0 Å². The van der Waals surface area contributed by atoms with Crippen LogP contribution in [0.4, 0.5) is 5.69 Å². The van der Waals surface area contributed by atoms with Crippen LogP contribution in [0.15, 0.2) is 41.8 Å². The molecule has 1 unspecified atom stereocenters. The summed E-state index contributed by atoms with van der Waals surface area (Å²) >= 11 is 1.60. The van der Waals surface area contributed by atoms with E-state index in [1.165, 1.54) is 18.5 Å². The molecule has 18 heavy (non-hydrogen) atoms. The van der Waals surface area contributed by atoms with Gasteiger partial charge in [-0.15, -0.1) is 11.3 Å². The fourth-order valence-electron chi connectivity index (χ4n) is 2.48. The highest BCUT2D eigenvalue weighted by atomic mass is 32.1. The van der Waals surface area contributed by atoms with Crippen LogP contribution in [-0.4, -0.2) is 18.2 Å². The van der Waals surface area contributed by atoms with Crippen LogP contribution >= 0.6 is 11.3 Å². The molecule has 1 aromatic carbocycles. The van der Waals surface area contributed by atoms with Crippen molar-refractivity contribution in [3.63, 3.8) is 0 Å². The molecule has 0 bridgehead atoms. The van der Waals surface area contributed by atoms with Gasteiger partial charge >= 0.3 is 0 Å². The van der Waals surface area contributed by atoms with E-state index in [4.69, 9.17) is 0 Å². The molecule has 0 spiro atoms. The van der Waals surface area contributed by atoms with Crippen molar-refractivity contribution >= 4 is 17.0 Å². The molecule has 0 aliphatic carbocycles. The summed E-state index contributed by atoms with van der Waals surface area (Å²) in [6.45, 7) is 2.27. The van der Waals surface area contributed by atoms with E-state index in [0.29, 0.717) is 0 Å². The Morgan fingerprint density at radius 3 is 2.67 bits per heavy atom. The molecule has 2 aromatic rings. The number of hydrogen-bond acceptors (Lipinski definition) is 3. The van der Waals surface area contributed by atoms with Gasteiger partial charge < -0.3 is 10.0 Å². The highest BCUT2D eigenvalue weighted by molar-refractivity contribution is 7.10. The Labute approximate surface area is 112 Å². The third-order valence-electron chi connectivity index (χ3n) is 3.47. The molecule has 1 aliphatic heterocycles. The summed E-state index contributed by atoms with van der Waals surface area (Å²) in [6.07, 6.45) is 2.06. The Balaban J connectivity index is 1.86. The van der Waals surface area contributed by atoms with Gasteiger partial charge in [0.05, 0.1) is 0 Å². The Morgan fingerprint density at radius 2 is 1.94 bits per heavy atom. The smallest absolute Gasteiger partial charge is 0.113 e. The lowest BCUT2D eigenvalue weighted by atomic mass is 10.1. The van der Waals surface area contributed by atoms with Gasteiger partial charge in [-0.25, -0.2) is 0 Å². The molecule has 0 radical (unpaired) electrons. The van der Waals surface area contributed by atoms with Gasteiger partial charge in [0.2, 0.25) is 0 Å². The number of anilines is 1. The second-order valence-electron chi connectivity index (χ2n) is 4.71. The topological polar surface area (TPSA) is 23.5 Å². The second kappa shape index (κ2) is 5.12. The van der Waals surface area contributed by atoms with Crippen LogP contribution in [0.2, 0.25) is 0 Å². The number of benzene rings is 1. The molecule has 1 saturated heterocycles. The molecule has 1 N–H and O–H groups in total. The van der Waals surface area contributed by atoms with E-state index < -0.39 is 6.10 Å². The first-order chi connectivity index (χ1) is 8.84. The van der Waals surface area contributed by atoms with E-state index in [9.17, 15) is 5.11 Å². The standard InChI is InChI=1S/C15H17NOS/c17-15(14-7-4-10-18-14)12-5-3-6-13(11-12)16-8-1-2-9-16/h3-7,10-11,15,17H,1-2,8-9H2.